The van der Waals surface area contributed by atoms with Gasteiger partial charge in [0.2, 0.25) is 10.0 Å². The van der Waals surface area contributed by atoms with E-state index < -0.39 is 26.2 Å². The summed E-state index contributed by atoms with van der Waals surface area (Å²) in [6.07, 6.45) is 2.70. The molecule has 3 aromatic rings. The lowest BCUT2D eigenvalue weighted by Gasteiger charge is -2.28. The van der Waals surface area contributed by atoms with E-state index in [9.17, 15) is 16.8 Å². The van der Waals surface area contributed by atoms with E-state index in [2.05, 4.69) is 15.0 Å². The Kier molecular flexibility index (Phi) is 8.12. The molecule has 0 aliphatic heterocycles. The maximum Gasteiger partial charge on any atom is 0.267 e. The average Bonchev–Trinajstić information content (AvgIpc) is 3.17. The number of imidazole rings is 1. The molecule has 0 amide bonds. The van der Waals surface area contributed by atoms with Crippen LogP contribution in [0.1, 0.15) is 44.3 Å². The number of likely N-dealkylation sites (N-methyl/N-ethyl adjacent to an activating group) is 1. The molecule has 0 saturated heterocycles. The van der Waals surface area contributed by atoms with Crippen molar-refractivity contribution in [3.8, 4) is 0 Å². The van der Waals surface area contributed by atoms with Gasteiger partial charge in [-0.1, -0.05) is 26.0 Å². The normalized spacial score (nSPS) is 13.7. The van der Waals surface area contributed by atoms with Crippen molar-refractivity contribution in [3.63, 3.8) is 0 Å². The lowest BCUT2D eigenvalue weighted by atomic mass is 10.1. The van der Waals surface area contributed by atoms with Crippen molar-refractivity contribution < 1.29 is 21.0 Å². The lowest BCUT2D eigenvalue weighted by molar-refractivity contribution is 0.204. The number of benzene rings is 1. The average molecular weight is 509 g/mol. The van der Waals surface area contributed by atoms with E-state index in [0.717, 1.165) is 28.1 Å². The largest absolute Gasteiger partial charge is 0.342 e. The third-order valence-electron chi connectivity index (χ3n) is 5.62. The van der Waals surface area contributed by atoms with E-state index in [0.29, 0.717) is 12.8 Å². The van der Waals surface area contributed by atoms with Crippen LogP contribution in [0.15, 0.2) is 41.4 Å². The molecular weight excluding hydrogens is 476 g/mol. The van der Waals surface area contributed by atoms with Crippen LogP contribution in [0.4, 0.5) is 0 Å². The van der Waals surface area contributed by atoms with Crippen LogP contribution < -0.4 is 0 Å². The van der Waals surface area contributed by atoms with Crippen molar-refractivity contribution in [1.29, 1.82) is 0 Å². The molecule has 1 aromatic carbocycles. The number of pyridine rings is 1. The Morgan fingerprint density at radius 3 is 2.38 bits per heavy atom. The van der Waals surface area contributed by atoms with Crippen LogP contribution in [-0.4, -0.2) is 61.5 Å². The highest BCUT2D eigenvalue weighted by Crippen LogP contribution is 2.23. The molecule has 0 aliphatic carbocycles. The summed E-state index contributed by atoms with van der Waals surface area (Å²) < 4.78 is 56.5. The van der Waals surface area contributed by atoms with E-state index >= 15 is 0 Å². The molecule has 9 nitrogen and oxygen atoms in total. The third kappa shape index (κ3) is 6.21. The molecule has 1 atom stereocenters. The second kappa shape index (κ2) is 10.5. The highest BCUT2D eigenvalue weighted by Gasteiger charge is 2.30. The molecule has 0 radical (unpaired) electrons. The summed E-state index contributed by atoms with van der Waals surface area (Å²) in [6, 6.07) is 7.90. The van der Waals surface area contributed by atoms with Crippen molar-refractivity contribution >= 4 is 31.2 Å². The number of hydrogen-bond donors (Lipinski definition) is 1. The van der Waals surface area contributed by atoms with Crippen LogP contribution in [0.25, 0.3) is 11.0 Å². The minimum Gasteiger partial charge on any atom is -0.342 e. The van der Waals surface area contributed by atoms with Gasteiger partial charge in [0.25, 0.3) is 10.1 Å². The summed E-state index contributed by atoms with van der Waals surface area (Å²) in [4.78, 5) is 12.3. The molecule has 0 fully saturated rings. The van der Waals surface area contributed by atoms with E-state index in [4.69, 9.17) is 4.18 Å². The minimum atomic E-state index is -3.85. The number of aromatic amines is 1. The first-order valence-electron chi connectivity index (χ1n) is 11.2. The van der Waals surface area contributed by atoms with Crippen LogP contribution >= 0.6 is 0 Å². The van der Waals surface area contributed by atoms with Crippen LogP contribution in [0, 0.1) is 12.8 Å². The quantitative estimate of drug-likeness (QED) is 0.394. The maximum atomic E-state index is 13.3. The summed E-state index contributed by atoms with van der Waals surface area (Å²) in [5.41, 5.74) is 3.42. The fraction of sp³-hybridized carbons (Fsp3) is 0.478. The van der Waals surface area contributed by atoms with Crippen LogP contribution in [0.2, 0.25) is 0 Å². The number of H-pyrrole nitrogens is 1. The number of nitrogens with one attached hydrogen (secondary N) is 1. The number of aryl methyl sites for hydroxylation is 1. The van der Waals surface area contributed by atoms with Crippen molar-refractivity contribution in [2.45, 2.75) is 51.5 Å². The first-order valence-corrected chi connectivity index (χ1v) is 14.2. The SMILES string of the molecule is CCS(=O)(=O)OC[C@H](CC(C)C)N(C)S(=O)(=O)c1ccc(Cc2nccc3[nH]c(C)nc23)cc1. The number of fused-ring (bicyclic) bond motifs is 1. The topological polar surface area (TPSA) is 122 Å². The van der Waals surface area contributed by atoms with Crippen LogP contribution in [0.3, 0.4) is 0 Å². The van der Waals surface area contributed by atoms with Crippen molar-refractivity contribution in [1.82, 2.24) is 19.3 Å². The Labute approximate surface area is 201 Å². The van der Waals surface area contributed by atoms with Crippen molar-refractivity contribution in [2.75, 3.05) is 19.4 Å². The summed E-state index contributed by atoms with van der Waals surface area (Å²) in [6.45, 7) is 7.05. The standard InChI is InChI=1S/C23H32N4O5S2/c1-6-33(28,29)32-15-19(13-16(2)3)27(5)34(30,31)20-9-7-18(8-10-20)14-22-23-21(11-12-24-22)25-17(4)26-23/h7-12,16,19H,6,13-15H2,1-5H3,(H,25,26)/t19-/m0/s1. The maximum absolute atomic E-state index is 13.3. The molecule has 0 spiro atoms. The Bertz CT molecular complexity index is 1330. The predicted octanol–water partition coefficient (Wildman–Crippen LogP) is 3.26. The van der Waals surface area contributed by atoms with E-state index in [1.54, 1.807) is 30.5 Å². The Morgan fingerprint density at radius 2 is 1.76 bits per heavy atom. The van der Waals surface area contributed by atoms with Gasteiger partial charge in [0.15, 0.2) is 0 Å². The molecule has 3 rings (SSSR count). The summed E-state index contributed by atoms with van der Waals surface area (Å²) in [5, 5.41) is 0. The molecule has 1 N–H and O–H groups in total. The minimum absolute atomic E-state index is 0.132. The molecule has 0 bridgehead atoms. The number of aromatic nitrogens is 3. The zero-order valence-electron chi connectivity index (χ0n) is 20.1. The fourth-order valence-electron chi connectivity index (χ4n) is 3.71. The van der Waals surface area contributed by atoms with Gasteiger partial charge in [-0.15, -0.1) is 0 Å². The number of sulfonamides is 1. The van der Waals surface area contributed by atoms with Crippen LogP contribution in [-0.2, 0) is 30.7 Å². The molecule has 2 aromatic heterocycles. The van der Waals surface area contributed by atoms with E-state index in [-0.39, 0.29) is 23.2 Å². The molecule has 186 valence electrons. The zero-order chi connectivity index (χ0) is 25.1. The Balaban J connectivity index is 1.80. The monoisotopic (exact) mass is 508 g/mol. The van der Waals surface area contributed by atoms with Crippen molar-refractivity contribution in [2.24, 2.45) is 5.92 Å². The lowest BCUT2D eigenvalue weighted by Crippen LogP contribution is -2.41. The zero-order valence-corrected chi connectivity index (χ0v) is 21.8. The second-order valence-electron chi connectivity index (χ2n) is 8.73. The van der Waals surface area contributed by atoms with Gasteiger partial charge in [0.05, 0.1) is 28.5 Å². The number of rotatable bonds is 11. The first kappa shape index (κ1) is 26.3. The molecule has 2 heterocycles. The molecule has 11 heteroatoms. The highest BCUT2D eigenvalue weighted by molar-refractivity contribution is 7.89. The van der Waals surface area contributed by atoms with Gasteiger partial charge in [-0.3, -0.25) is 9.17 Å². The molecule has 0 aliphatic rings. The van der Waals surface area contributed by atoms with Gasteiger partial charge in [-0.05, 0) is 49.9 Å². The van der Waals surface area contributed by atoms with Crippen molar-refractivity contribution in [3.05, 3.63) is 53.6 Å². The third-order valence-corrected chi connectivity index (χ3v) is 8.74. The number of hydrogen-bond acceptors (Lipinski definition) is 7. The van der Waals surface area contributed by atoms with E-state index in [1.165, 1.54) is 18.3 Å². The molecule has 34 heavy (non-hydrogen) atoms. The van der Waals surface area contributed by atoms with Gasteiger partial charge in [-0.2, -0.15) is 12.7 Å². The molecular formula is C23H32N4O5S2. The molecule has 0 unspecified atom stereocenters. The van der Waals surface area contributed by atoms with Crippen LogP contribution in [0.5, 0.6) is 0 Å². The Morgan fingerprint density at radius 1 is 1.09 bits per heavy atom. The highest BCUT2D eigenvalue weighted by atomic mass is 32.2. The first-order chi connectivity index (χ1) is 15.9. The second-order valence-corrected chi connectivity index (χ2v) is 12.7. The van der Waals surface area contributed by atoms with Gasteiger partial charge < -0.3 is 4.98 Å². The summed E-state index contributed by atoms with van der Waals surface area (Å²) >= 11 is 0. The predicted molar refractivity (Wildman–Crippen MR) is 131 cm³/mol. The smallest absolute Gasteiger partial charge is 0.267 e. The summed E-state index contributed by atoms with van der Waals surface area (Å²) in [7, 11) is -6.07. The van der Waals surface area contributed by atoms with Gasteiger partial charge in [0, 0.05) is 25.7 Å². The Hall–Kier alpha value is -2.34. The fourth-order valence-corrected chi connectivity index (χ4v) is 5.59. The molecule has 0 saturated carbocycles. The van der Waals surface area contributed by atoms with Gasteiger partial charge in [-0.25, -0.2) is 13.4 Å². The van der Waals surface area contributed by atoms with Gasteiger partial charge in [0.1, 0.15) is 11.3 Å². The van der Waals surface area contributed by atoms with E-state index in [1.807, 2.05) is 26.8 Å². The summed E-state index contributed by atoms with van der Waals surface area (Å²) in [5.74, 6) is 0.791. The van der Waals surface area contributed by atoms with Gasteiger partial charge >= 0.3 is 0 Å². The number of nitrogens with zero attached hydrogens (tertiary/aromatic N) is 3.